The Morgan fingerprint density at radius 3 is 2.89 bits per heavy atom. The summed E-state index contributed by atoms with van der Waals surface area (Å²) in [6, 6.07) is 12.8. The van der Waals surface area contributed by atoms with E-state index in [1.807, 2.05) is 36.4 Å². The number of thioether (sulfide) groups is 1. The third-order valence-electron chi connectivity index (χ3n) is 4.04. The second kappa shape index (κ2) is 7.99. The Morgan fingerprint density at radius 1 is 1.21 bits per heavy atom. The molecule has 0 saturated heterocycles. The highest BCUT2D eigenvalue weighted by Crippen LogP contribution is 2.32. The van der Waals surface area contributed by atoms with Crippen LogP contribution in [0.15, 0.2) is 47.6 Å². The molecule has 0 atom stereocenters. The third kappa shape index (κ3) is 3.85. The molecule has 2 aromatic carbocycles. The van der Waals surface area contributed by atoms with Gasteiger partial charge in [0.05, 0.1) is 10.8 Å². The average Bonchev–Trinajstić information content (AvgIpc) is 3.31. The molecule has 1 amide bonds. The van der Waals surface area contributed by atoms with Crippen molar-refractivity contribution in [2.24, 2.45) is 0 Å². The van der Waals surface area contributed by atoms with Gasteiger partial charge < -0.3 is 20.6 Å². The second-order valence-corrected chi connectivity index (χ2v) is 7.26. The van der Waals surface area contributed by atoms with E-state index in [0.29, 0.717) is 39.6 Å². The third-order valence-corrected chi connectivity index (χ3v) is 5.31. The molecule has 1 aromatic heterocycles. The number of nitrogens with two attached hydrogens (primary N) is 1. The summed E-state index contributed by atoms with van der Waals surface area (Å²) in [5.74, 6) is 7.90. The molecule has 3 N–H and O–H groups in total. The van der Waals surface area contributed by atoms with Gasteiger partial charge in [-0.2, -0.15) is 0 Å². The molecule has 0 bridgehead atoms. The molecule has 1 aliphatic heterocycles. The van der Waals surface area contributed by atoms with Crippen LogP contribution in [-0.2, 0) is 11.3 Å². The lowest BCUT2D eigenvalue weighted by molar-refractivity contribution is -0.118. The van der Waals surface area contributed by atoms with E-state index in [2.05, 4.69) is 15.5 Å². The molecule has 0 saturated carbocycles. The first-order valence-corrected chi connectivity index (χ1v) is 9.71. The molecule has 10 heteroatoms. The van der Waals surface area contributed by atoms with E-state index < -0.39 is 0 Å². The van der Waals surface area contributed by atoms with Crippen LogP contribution in [-0.4, -0.2) is 33.3 Å². The fourth-order valence-corrected chi connectivity index (χ4v) is 3.54. The van der Waals surface area contributed by atoms with Crippen molar-refractivity contribution in [2.45, 2.75) is 11.7 Å². The molecule has 0 aliphatic carbocycles. The van der Waals surface area contributed by atoms with E-state index in [4.69, 9.17) is 26.9 Å². The summed E-state index contributed by atoms with van der Waals surface area (Å²) in [6.45, 7) is 0.605. The zero-order valence-corrected chi connectivity index (χ0v) is 16.2. The molecular weight excluding hydrogens is 402 g/mol. The van der Waals surface area contributed by atoms with E-state index in [9.17, 15) is 4.79 Å². The number of ether oxygens (including phenoxy) is 2. The van der Waals surface area contributed by atoms with Crippen LogP contribution in [0.2, 0.25) is 5.02 Å². The molecule has 0 spiro atoms. The number of hydrogen-bond acceptors (Lipinski definition) is 7. The highest BCUT2D eigenvalue weighted by Gasteiger charge is 2.16. The van der Waals surface area contributed by atoms with Gasteiger partial charge in [0.1, 0.15) is 0 Å². The zero-order valence-electron chi connectivity index (χ0n) is 14.6. The lowest BCUT2D eigenvalue weighted by atomic mass is 10.2. The van der Waals surface area contributed by atoms with E-state index in [1.54, 1.807) is 6.07 Å². The number of benzene rings is 2. The summed E-state index contributed by atoms with van der Waals surface area (Å²) >= 11 is 7.37. The Balaban J connectivity index is 1.33. The lowest BCUT2D eigenvalue weighted by Gasteiger charge is -2.07. The van der Waals surface area contributed by atoms with Gasteiger partial charge in [0.15, 0.2) is 17.3 Å². The summed E-state index contributed by atoms with van der Waals surface area (Å²) in [4.78, 5) is 12.2. The van der Waals surface area contributed by atoms with Crippen LogP contribution in [0.1, 0.15) is 5.56 Å². The number of nitrogen functional groups attached to an aromatic ring is 1. The number of fused-ring (bicyclic) bond motifs is 1. The Morgan fingerprint density at radius 2 is 2.04 bits per heavy atom. The summed E-state index contributed by atoms with van der Waals surface area (Å²) in [5.41, 5.74) is 1.60. The van der Waals surface area contributed by atoms with E-state index in [1.165, 1.54) is 16.4 Å². The minimum Gasteiger partial charge on any atom is -0.454 e. The molecule has 0 fully saturated rings. The van der Waals surface area contributed by atoms with Crippen molar-refractivity contribution in [2.75, 3.05) is 18.4 Å². The van der Waals surface area contributed by atoms with Crippen LogP contribution < -0.4 is 20.6 Å². The van der Waals surface area contributed by atoms with Crippen molar-refractivity contribution in [3.05, 3.63) is 53.1 Å². The SMILES string of the molecule is Nn1c(SCC(=O)NCc2ccc3c(c2)OCO3)nnc1-c1ccccc1Cl. The molecule has 8 nitrogen and oxygen atoms in total. The molecule has 3 aromatic rings. The van der Waals surface area contributed by atoms with E-state index >= 15 is 0 Å². The van der Waals surface area contributed by atoms with Gasteiger partial charge in [0, 0.05) is 12.1 Å². The van der Waals surface area contributed by atoms with Gasteiger partial charge >= 0.3 is 0 Å². The minimum absolute atomic E-state index is 0.148. The standard InChI is InChI=1S/C18H16ClN5O3S/c19-13-4-2-1-3-12(13)17-22-23-18(24(17)20)28-9-16(25)21-8-11-5-6-14-15(7-11)27-10-26-14/h1-7H,8-10,20H2,(H,21,25). The van der Waals surface area contributed by atoms with Gasteiger partial charge in [-0.05, 0) is 29.8 Å². The number of carbonyl (C=O) groups is 1. The fraction of sp³-hybridized carbons (Fsp3) is 0.167. The molecule has 0 unspecified atom stereocenters. The first-order chi connectivity index (χ1) is 13.6. The van der Waals surface area contributed by atoms with Gasteiger partial charge in [-0.3, -0.25) is 4.79 Å². The molecule has 1 aliphatic rings. The summed E-state index contributed by atoms with van der Waals surface area (Å²) in [6.07, 6.45) is 0. The molecule has 0 radical (unpaired) electrons. The predicted molar refractivity (Wildman–Crippen MR) is 106 cm³/mol. The van der Waals surface area contributed by atoms with Gasteiger partial charge in [-0.15, -0.1) is 10.2 Å². The molecule has 4 rings (SSSR count). The number of nitrogens with zero attached hydrogens (tertiary/aromatic N) is 3. The van der Waals surface area contributed by atoms with Crippen LogP contribution in [0.3, 0.4) is 0 Å². The topological polar surface area (TPSA) is 104 Å². The maximum atomic E-state index is 12.2. The van der Waals surface area contributed by atoms with Crippen molar-refractivity contribution in [1.29, 1.82) is 0 Å². The molecule has 144 valence electrons. The number of carbonyl (C=O) groups excluding carboxylic acids is 1. The molecular formula is C18H16ClN5O3S. The van der Waals surface area contributed by atoms with E-state index in [-0.39, 0.29) is 18.5 Å². The van der Waals surface area contributed by atoms with Crippen molar-refractivity contribution >= 4 is 29.3 Å². The maximum Gasteiger partial charge on any atom is 0.231 e. The molecule has 28 heavy (non-hydrogen) atoms. The van der Waals surface area contributed by atoms with Crippen molar-refractivity contribution in [3.63, 3.8) is 0 Å². The number of aromatic nitrogens is 3. The Kier molecular flexibility index (Phi) is 5.27. The largest absolute Gasteiger partial charge is 0.454 e. The average molecular weight is 418 g/mol. The van der Waals surface area contributed by atoms with Crippen LogP contribution in [0.4, 0.5) is 0 Å². The normalized spacial score (nSPS) is 12.2. The Hall–Kier alpha value is -2.91. The first-order valence-electron chi connectivity index (χ1n) is 8.35. The van der Waals surface area contributed by atoms with Gasteiger partial charge in [-0.25, -0.2) is 4.68 Å². The van der Waals surface area contributed by atoms with Crippen molar-refractivity contribution < 1.29 is 14.3 Å². The second-order valence-electron chi connectivity index (χ2n) is 5.91. The number of amides is 1. The molecule has 2 heterocycles. The van der Waals surface area contributed by atoms with Crippen LogP contribution in [0, 0.1) is 0 Å². The van der Waals surface area contributed by atoms with Gasteiger partial charge in [-0.1, -0.05) is 41.6 Å². The summed E-state index contributed by atoms with van der Waals surface area (Å²) in [5, 5.41) is 11.9. The van der Waals surface area contributed by atoms with E-state index in [0.717, 1.165) is 5.56 Å². The van der Waals surface area contributed by atoms with Gasteiger partial charge in [0.2, 0.25) is 17.9 Å². The van der Waals surface area contributed by atoms with Crippen LogP contribution >= 0.6 is 23.4 Å². The number of rotatable bonds is 6. The smallest absolute Gasteiger partial charge is 0.231 e. The van der Waals surface area contributed by atoms with Crippen molar-refractivity contribution in [1.82, 2.24) is 20.2 Å². The summed E-state index contributed by atoms with van der Waals surface area (Å²) in [7, 11) is 0. The number of nitrogens with one attached hydrogen (secondary N) is 1. The first kappa shape index (κ1) is 18.5. The monoisotopic (exact) mass is 417 g/mol. The number of halogens is 1. The lowest BCUT2D eigenvalue weighted by Crippen LogP contribution is -2.25. The fourth-order valence-electron chi connectivity index (χ4n) is 2.63. The zero-order chi connectivity index (χ0) is 19.5. The highest BCUT2D eigenvalue weighted by atomic mass is 35.5. The quantitative estimate of drug-likeness (QED) is 0.469. The van der Waals surface area contributed by atoms with Crippen molar-refractivity contribution in [3.8, 4) is 22.9 Å². The van der Waals surface area contributed by atoms with Crippen LogP contribution in [0.25, 0.3) is 11.4 Å². The maximum absolute atomic E-state index is 12.2. The highest BCUT2D eigenvalue weighted by molar-refractivity contribution is 7.99. The number of hydrogen-bond donors (Lipinski definition) is 2. The Bertz CT molecular complexity index is 1030. The Labute approximate surface area is 170 Å². The van der Waals surface area contributed by atoms with Gasteiger partial charge in [0.25, 0.3) is 0 Å². The van der Waals surface area contributed by atoms with Crippen LogP contribution in [0.5, 0.6) is 11.5 Å². The summed E-state index contributed by atoms with van der Waals surface area (Å²) < 4.78 is 11.9. The minimum atomic E-state index is -0.148. The predicted octanol–water partition coefficient (Wildman–Crippen LogP) is 2.45.